The number of amides is 2. The number of pyridine rings is 1. The molecule has 5 nitrogen and oxygen atoms in total. The Labute approximate surface area is 107 Å². The van der Waals surface area contributed by atoms with Crippen LogP contribution < -0.4 is 10.6 Å². The maximum atomic E-state index is 12.0. The van der Waals surface area contributed by atoms with Gasteiger partial charge in [-0.25, -0.2) is 0 Å². The Morgan fingerprint density at radius 2 is 1.94 bits per heavy atom. The summed E-state index contributed by atoms with van der Waals surface area (Å²) in [5, 5.41) is 5.43. The molecule has 0 radical (unpaired) electrons. The van der Waals surface area contributed by atoms with Crippen LogP contribution in [0.2, 0.25) is 0 Å². The van der Waals surface area contributed by atoms with Crippen LogP contribution in [0.25, 0.3) is 0 Å². The lowest BCUT2D eigenvalue weighted by molar-refractivity contribution is -0.127. The van der Waals surface area contributed by atoms with Gasteiger partial charge in [-0.15, -0.1) is 0 Å². The SMILES string of the molecule is CCNC(=O)CC(C(=O)NCC)c1ccccn1. The summed E-state index contributed by atoms with van der Waals surface area (Å²) in [4.78, 5) is 27.7. The Morgan fingerprint density at radius 3 is 2.50 bits per heavy atom. The first-order valence-electron chi connectivity index (χ1n) is 6.14. The summed E-state index contributed by atoms with van der Waals surface area (Å²) in [6.07, 6.45) is 1.75. The molecule has 5 heteroatoms. The van der Waals surface area contributed by atoms with Crippen LogP contribution in [0, 0.1) is 0 Å². The zero-order valence-corrected chi connectivity index (χ0v) is 10.8. The van der Waals surface area contributed by atoms with Crippen molar-refractivity contribution < 1.29 is 9.59 Å². The number of aromatic nitrogens is 1. The van der Waals surface area contributed by atoms with E-state index < -0.39 is 5.92 Å². The fourth-order valence-electron chi connectivity index (χ4n) is 1.67. The Bertz CT molecular complexity index is 392. The molecule has 1 heterocycles. The van der Waals surface area contributed by atoms with Crippen LogP contribution in [0.15, 0.2) is 24.4 Å². The van der Waals surface area contributed by atoms with Gasteiger partial charge in [-0.3, -0.25) is 14.6 Å². The lowest BCUT2D eigenvalue weighted by atomic mass is 9.99. The minimum absolute atomic E-state index is 0.122. The topological polar surface area (TPSA) is 71.1 Å². The van der Waals surface area contributed by atoms with Crippen LogP contribution in [-0.4, -0.2) is 29.9 Å². The van der Waals surface area contributed by atoms with E-state index in [-0.39, 0.29) is 18.2 Å². The highest BCUT2D eigenvalue weighted by molar-refractivity contribution is 5.89. The first kappa shape index (κ1) is 14.2. The minimum Gasteiger partial charge on any atom is -0.356 e. The summed E-state index contributed by atoms with van der Waals surface area (Å²) in [6.45, 7) is 4.79. The average molecular weight is 249 g/mol. The van der Waals surface area contributed by atoms with Gasteiger partial charge >= 0.3 is 0 Å². The number of likely N-dealkylation sites (N-methyl/N-ethyl adjacent to an activating group) is 1. The fraction of sp³-hybridized carbons (Fsp3) is 0.462. The van der Waals surface area contributed by atoms with E-state index in [0.29, 0.717) is 18.8 Å². The van der Waals surface area contributed by atoms with Crippen molar-refractivity contribution in [1.29, 1.82) is 0 Å². The average Bonchev–Trinajstić information content (AvgIpc) is 2.37. The maximum absolute atomic E-state index is 12.0. The molecule has 0 aromatic carbocycles. The second kappa shape index (κ2) is 7.42. The van der Waals surface area contributed by atoms with E-state index in [1.54, 1.807) is 18.3 Å². The standard InChI is InChI=1S/C13H19N3O2/c1-3-14-12(17)9-10(13(18)15-4-2)11-7-5-6-8-16-11/h5-8,10H,3-4,9H2,1-2H3,(H,14,17)(H,15,18). The molecule has 1 aromatic heterocycles. The largest absolute Gasteiger partial charge is 0.356 e. The van der Waals surface area contributed by atoms with Crippen LogP contribution in [0.3, 0.4) is 0 Å². The minimum atomic E-state index is -0.530. The van der Waals surface area contributed by atoms with Crippen molar-refractivity contribution in [3.8, 4) is 0 Å². The van der Waals surface area contributed by atoms with Crippen molar-refractivity contribution in [1.82, 2.24) is 15.6 Å². The van der Waals surface area contributed by atoms with E-state index in [1.165, 1.54) is 0 Å². The Balaban J connectivity index is 2.82. The zero-order chi connectivity index (χ0) is 13.4. The molecule has 1 rings (SSSR count). The second-order valence-electron chi connectivity index (χ2n) is 3.86. The molecule has 0 aliphatic heterocycles. The van der Waals surface area contributed by atoms with Crippen molar-refractivity contribution in [3.63, 3.8) is 0 Å². The molecule has 1 aromatic rings. The predicted octanol–water partition coefficient (Wildman–Crippen LogP) is 0.827. The number of rotatable bonds is 6. The molecule has 0 aliphatic carbocycles. The van der Waals surface area contributed by atoms with Crippen molar-refractivity contribution in [2.75, 3.05) is 13.1 Å². The lowest BCUT2D eigenvalue weighted by Crippen LogP contribution is -2.34. The molecule has 0 saturated carbocycles. The number of hydrogen-bond acceptors (Lipinski definition) is 3. The van der Waals surface area contributed by atoms with Gasteiger partial charge in [0.2, 0.25) is 11.8 Å². The monoisotopic (exact) mass is 249 g/mol. The first-order valence-corrected chi connectivity index (χ1v) is 6.14. The highest BCUT2D eigenvalue weighted by Crippen LogP contribution is 2.17. The van der Waals surface area contributed by atoms with Crippen molar-refractivity contribution in [2.45, 2.75) is 26.2 Å². The molecule has 0 spiro atoms. The third kappa shape index (κ3) is 4.16. The Hall–Kier alpha value is -1.91. The summed E-state index contributed by atoms with van der Waals surface area (Å²) in [6, 6.07) is 5.36. The molecule has 98 valence electrons. The van der Waals surface area contributed by atoms with Crippen molar-refractivity contribution in [3.05, 3.63) is 30.1 Å². The Kier molecular flexibility index (Phi) is 5.84. The number of nitrogens with zero attached hydrogens (tertiary/aromatic N) is 1. The molecular weight excluding hydrogens is 230 g/mol. The first-order chi connectivity index (χ1) is 8.69. The van der Waals surface area contributed by atoms with E-state index in [1.807, 2.05) is 19.9 Å². The third-order valence-electron chi connectivity index (χ3n) is 2.48. The van der Waals surface area contributed by atoms with Crippen molar-refractivity contribution in [2.24, 2.45) is 0 Å². The van der Waals surface area contributed by atoms with Crippen LogP contribution in [0.1, 0.15) is 31.9 Å². The normalized spacial score (nSPS) is 11.7. The lowest BCUT2D eigenvalue weighted by Gasteiger charge is -2.15. The van der Waals surface area contributed by atoms with E-state index in [0.717, 1.165) is 0 Å². The summed E-state index contributed by atoms with van der Waals surface area (Å²) in [5.74, 6) is -0.834. The summed E-state index contributed by atoms with van der Waals surface area (Å²) >= 11 is 0. The number of carbonyl (C=O) groups is 2. The summed E-state index contributed by atoms with van der Waals surface area (Å²) in [5.41, 5.74) is 0.620. The van der Waals surface area contributed by atoms with Gasteiger partial charge in [-0.2, -0.15) is 0 Å². The van der Waals surface area contributed by atoms with Crippen LogP contribution >= 0.6 is 0 Å². The number of nitrogens with one attached hydrogen (secondary N) is 2. The fourth-order valence-corrected chi connectivity index (χ4v) is 1.67. The van der Waals surface area contributed by atoms with Gasteiger partial charge in [0.25, 0.3) is 0 Å². The van der Waals surface area contributed by atoms with Gasteiger partial charge in [0.15, 0.2) is 0 Å². The highest BCUT2D eigenvalue weighted by atomic mass is 16.2. The number of hydrogen-bond donors (Lipinski definition) is 2. The van der Waals surface area contributed by atoms with Crippen LogP contribution in [-0.2, 0) is 9.59 Å². The molecule has 2 N–H and O–H groups in total. The van der Waals surface area contributed by atoms with Gasteiger partial charge in [0.05, 0.1) is 11.6 Å². The molecule has 1 atom stereocenters. The van der Waals surface area contributed by atoms with Crippen LogP contribution in [0.4, 0.5) is 0 Å². The van der Waals surface area contributed by atoms with E-state index in [2.05, 4.69) is 15.6 Å². The molecule has 0 bridgehead atoms. The summed E-state index contributed by atoms with van der Waals surface area (Å²) in [7, 11) is 0. The van der Waals surface area contributed by atoms with E-state index in [9.17, 15) is 9.59 Å². The second-order valence-corrected chi connectivity index (χ2v) is 3.86. The van der Waals surface area contributed by atoms with Gasteiger partial charge < -0.3 is 10.6 Å². The molecular formula is C13H19N3O2. The Morgan fingerprint density at radius 1 is 1.22 bits per heavy atom. The molecule has 0 saturated heterocycles. The van der Waals surface area contributed by atoms with Crippen LogP contribution in [0.5, 0.6) is 0 Å². The van der Waals surface area contributed by atoms with Crippen molar-refractivity contribution >= 4 is 11.8 Å². The third-order valence-corrected chi connectivity index (χ3v) is 2.48. The van der Waals surface area contributed by atoms with E-state index in [4.69, 9.17) is 0 Å². The molecule has 2 amide bonds. The summed E-state index contributed by atoms with van der Waals surface area (Å²) < 4.78 is 0. The molecule has 18 heavy (non-hydrogen) atoms. The molecule has 1 unspecified atom stereocenters. The highest BCUT2D eigenvalue weighted by Gasteiger charge is 2.24. The van der Waals surface area contributed by atoms with E-state index >= 15 is 0 Å². The van der Waals surface area contributed by atoms with Gasteiger partial charge in [-0.05, 0) is 26.0 Å². The van der Waals surface area contributed by atoms with Gasteiger partial charge in [0.1, 0.15) is 0 Å². The van der Waals surface area contributed by atoms with Gasteiger partial charge in [0, 0.05) is 25.7 Å². The zero-order valence-electron chi connectivity index (χ0n) is 10.8. The number of carbonyl (C=O) groups excluding carboxylic acids is 2. The molecule has 0 aliphatic rings. The quantitative estimate of drug-likeness (QED) is 0.784. The van der Waals surface area contributed by atoms with Gasteiger partial charge in [-0.1, -0.05) is 6.07 Å². The molecule has 0 fully saturated rings. The smallest absolute Gasteiger partial charge is 0.229 e. The predicted molar refractivity (Wildman–Crippen MR) is 69.0 cm³/mol. The maximum Gasteiger partial charge on any atom is 0.229 e.